The number of rotatable bonds is 8. The van der Waals surface area contributed by atoms with Gasteiger partial charge in [0.2, 0.25) is 5.91 Å². The number of hydrogen-bond acceptors (Lipinski definition) is 5. The van der Waals surface area contributed by atoms with E-state index in [2.05, 4.69) is 117 Å². The minimum absolute atomic E-state index is 0.0658. The molecule has 0 aliphatic carbocycles. The smallest absolute Gasteiger partial charge is 0.324 e. The third-order valence-electron chi connectivity index (χ3n) is 10.1. The molecule has 3 aromatic rings. The standard InChI is InChI=1S/C37H46N2O4Si/c1-26(2)33-32(25-42-44(36(3,4)5,28-18-12-8-13-19-28)29-20-14-9-15-21-29)38(24-27-16-10-7-11-17-27)34(40)30-22-37(6)23-31(39(30)33)35(41)43-37/h7-21,26,30-33H,22-25H2,1-6H3/t30?,31-,32-,33-,37+/m1/s1. The SMILES string of the molecule is CC(C)[C@@H]1[C@@H](CO[Si](c2ccccc2)(c2ccccc2)C(C)(C)C)N(Cc2ccccc2)C(=O)C2C[C@@]3(C)C[C@H](C(=O)O3)N21. The highest BCUT2D eigenvalue weighted by Crippen LogP contribution is 2.46. The molecule has 3 aliphatic heterocycles. The first-order chi connectivity index (χ1) is 20.9. The molecule has 3 saturated heterocycles. The fraction of sp³-hybridized carbons (Fsp3) is 0.459. The highest BCUT2D eigenvalue weighted by atomic mass is 28.4. The van der Waals surface area contributed by atoms with Gasteiger partial charge in [0, 0.05) is 25.4 Å². The molecule has 6 nitrogen and oxygen atoms in total. The molecular weight excluding hydrogens is 565 g/mol. The van der Waals surface area contributed by atoms with Crippen LogP contribution in [-0.4, -0.2) is 66.4 Å². The molecule has 0 N–H and O–H groups in total. The van der Waals surface area contributed by atoms with E-state index >= 15 is 0 Å². The first-order valence-electron chi connectivity index (χ1n) is 16.0. The average molecular weight is 611 g/mol. The van der Waals surface area contributed by atoms with Gasteiger partial charge in [-0.3, -0.25) is 14.5 Å². The van der Waals surface area contributed by atoms with Gasteiger partial charge in [-0.2, -0.15) is 0 Å². The van der Waals surface area contributed by atoms with Crippen LogP contribution in [-0.2, 0) is 25.3 Å². The van der Waals surface area contributed by atoms with Gasteiger partial charge in [0.25, 0.3) is 8.32 Å². The maximum atomic E-state index is 14.6. The maximum Gasteiger partial charge on any atom is 0.324 e. The second-order valence-corrected chi connectivity index (χ2v) is 18.8. The number of piperazine rings is 1. The second-order valence-electron chi connectivity index (χ2n) is 14.5. The minimum atomic E-state index is -2.88. The monoisotopic (exact) mass is 610 g/mol. The zero-order valence-corrected chi connectivity index (χ0v) is 27.9. The summed E-state index contributed by atoms with van der Waals surface area (Å²) in [6.45, 7) is 14.1. The van der Waals surface area contributed by atoms with E-state index in [1.54, 1.807) is 0 Å². The van der Waals surface area contributed by atoms with Crippen LogP contribution in [0.3, 0.4) is 0 Å². The lowest BCUT2D eigenvalue weighted by molar-refractivity contribution is -0.165. The van der Waals surface area contributed by atoms with Crippen LogP contribution in [0.15, 0.2) is 91.0 Å². The first-order valence-corrected chi connectivity index (χ1v) is 18.0. The van der Waals surface area contributed by atoms with E-state index in [-0.39, 0.29) is 34.9 Å². The van der Waals surface area contributed by atoms with Crippen molar-refractivity contribution in [3.05, 3.63) is 96.6 Å². The Morgan fingerprint density at radius 2 is 1.39 bits per heavy atom. The molecule has 3 fully saturated rings. The number of amides is 1. The number of esters is 1. The summed E-state index contributed by atoms with van der Waals surface area (Å²) < 4.78 is 13.4. The van der Waals surface area contributed by atoms with Crippen molar-refractivity contribution >= 4 is 30.6 Å². The Hall–Kier alpha value is -3.26. The van der Waals surface area contributed by atoms with Crippen LogP contribution >= 0.6 is 0 Å². The zero-order valence-electron chi connectivity index (χ0n) is 26.9. The van der Waals surface area contributed by atoms with Gasteiger partial charge < -0.3 is 14.1 Å². The second kappa shape index (κ2) is 11.6. The lowest BCUT2D eigenvalue weighted by Crippen LogP contribution is -2.74. The van der Waals surface area contributed by atoms with Crippen molar-refractivity contribution in [2.24, 2.45) is 5.92 Å². The molecule has 5 atom stereocenters. The molecule has 3 heterocycles. The predicted octanol–water partition coefficient (Wildman–Crippen LogP) is 5.15. The Balaban J connectivity index is 1.47. The third-order valence-corrected chi connectivity index (χ3v) is 15.1. The molecule has 0 spiro atoms. The van der Waals surface area contributed by atoms with E-state index in [4.69, 9.17) is 9.16 Å². The Labute approximate surface area is 263 Å². The summed E-state index contributed by atoms with van der Waals surface area (Å²) in [5, 5.41) is 2.22. The highest BCUT2D eigenvalue weighted by molar-refractivity contribution is 6.99. The van der Waals surface area contributed by atoms with Gasteiger partial charge in [-0.25, -0.2) is 0 Å². The van der Waals surface area contributed by atoms with Gasteiger partial charge in [0.1, 0.15) is 11.6 Å². The number of nitrogens with zero attached hydrogens (tertiary/aromatic N) is 2. The number of fused-ring (bicyclic) bond motifs is 4. The summed E-state index contributed by atoms with van der Waals surface area (Å²) in [5.41, 5.74) is 0.487. The fourth-order valence-corrected chi connectivity index (χ4v) is 12.8. The third kappa shape index (κ3) is 5.23. The summed E-state index contributed by atoms with van der Waals surface area (Å²) in [5.74, 6) is 0.0435. The Morgan fingerprint density at radius 3 is 1.91 bits per heavy atom. The van der Waals surface area contributed by atoms with Gasteiger partial charge in [-0.05, 0) is 33.8 Å². The van der Waals surface area contributed by atoms with E-state index in [1.165, 1.54) is 10.4 Å². The quantitative estimate of drug-likeness (QED) is 0.261. The molecule has 3 aromatic carbocycles. The van der Waals surface area contributed by atoms with Crippen molar-refractivity contribution in [3.63, 3.8) is 0 Å². The largest absolute Gasteiger partial charge is 0.458 e. The fourth-order valence-electron chi connectivity index (χ4n) is 8.22. The van der Waals surface area contributed by atoms with Gasteiger partial charge in [0.15, 0.2) is 0 Å². The summed E-state index contributed by atoms with van der Waals surface area (Å²) in [7, 11) is -2.88. The molecule has 6 rings (SSSR count). The van der Waals surface area contributed by atoms with E-state index in [0.717, 1.165) is 5.56 Å². The lowest BCUT2D eigenvalue weighted by Gasteiger charge is -2.56. The molecule has 0 saturated carbocycles. The number of ether oxygens (including phenoxy) is 1. The van der Waals surface area contributed by atoms with Crippen LogP contribution < -0.4 is 10.4 Å². The Bertz CT molecular complexity index is 1440. The molecule has 0 radical (unpaired) electrons. The van der Waals surface area contributed by atoms with Crippen molar-refractivity contribution in [2.45, 2.75) is 95.7 Å². The zero-order chi connectivity index (χ0) is 31.3. The summed E-state index contributed by atoms with van der Waals surface area (Å²) >= 11 is 0. The van der Waals surface area contributed by atoms with Crippen molar-refractivity contribution in [1.29, 1.82) is 0 Å². The van der Waals surface area contributed by atoms with Gasteiger partial charge in [-0.1, -0.05) is 126 Å². The van der Waals surface area contributed by atoms with Crippen molar-refractivity contribution in [2.75, 3.05) is 6.61 Å². The molecule has 1 amide bonds. The van der Waals surface area contributed by atoms with Crippen LogP contribution in [0.5, 0.6) is 0 Å². The normalized spacial score (nSPS) is 27.4. The lowest BCUT2D eigenvalue weighted by atomic mass is 9.78. The van der Waals surface area contributed by atoms with Crippen LogP contribution in [0.2, 0.25) is 5.04 Å². The topological polar surface area (TPSA) is 59.1 Å². The number of hydrogen-bond donors (Lipinski definition) is 0. The van der Waals surface area contributed by atoms with E-state index in [9.17, 15) is 9.59 Å². The summed E-state index contributed by atoms with van der Waals surface area (Å²) in [6.07, 6.45) is 1.14. The summed E-state index contributed by atoms with van der Waals surface area (Å²) in [6, 6.07) is 30.4. The molecule has 7 heteroatoms. The maximum absolute atomic E-state index is 14.6. The Kier molecular flexibility index (Phi) is 8.10. The molecule has 1 unspecified atom stereocenters. The number of benzene rings is 3. The van der Waals surface area contributed by atoms with Crippen LogP contribution in [0.4, 0.5) is 0 Å². The number of piperidine rings is 1. The van der Waals surface area contributed by atoms with Crippen molar-refractivity contribution in [1.82, 2.24) is 9.80 Å². The van der Waals surface area contributed by atoms with E-state index < -0.39 is 26.0 Å². The van der Waals surface area contributed by atoms with Crippen LogP contribution in [0.25, 0.3) is 0 Å². The van der Waals surface area contributed by atoms with Crippen LogP contribution in [0, 0.1) is 5.92 Å². The van der Waals surface area contributed by atoms with E-state index in [0.29, 0.717) is 26.0 Å². The number of carbonyl (C=O) groups is 2. The Morgan fingerprint density at radius 1 is 0.864 bits per heavy atom. The van der Waals surface area contributed by atoms with E-state index in [1.807, 2.05) is 25.1 Å². The first kappa shape index (κ1) is 30.7. The molecular formula is C37H46N2O4Si. The minimum Gasteiger partial charge on any atom is -0.458 e. The van der Waals surface area contributed by atoms with Crippen molar-refractivity contribution < 1.29 is 18.8 Å². The summed E-state index contributed by atoms with van der Waals surface area (Å²) in [4.78, 5) is 32.2. The molecule has 0 aromatic heterocycles. The van der Waals surface area contributed by atoms with Gasteiger partial charge in [-0.15, -0.1) is 0 Å². The highest BCUT2D eigenvalue weighted by Gasteiger charge is 2.62. The van der Waals surface area contributed by atoms with Crippen molar-refractivity contribution in [3.8, 4) is 0 Å². The van der Waals surface area contributed by atoms with Gasteiger partial charge in [0.05, 0.1) is 18.7 Å². The molecule has 3 aliphatic rings. The average Bonchev–Trinajstić information content (AvgIpc) is 3.24. The van der Waals surface area contributed by atoms with Gasteiger partial charge >= 0.3 is 5.97 Å². The molecule has 2 bridgehead atoms. The van der Waals surface area contributed by atoms with Crippen LogP contribution in [0.1, 0.15) is 59.9 Å². The number of carbonyl (C=O) groups excluding carboxylic acids is 2. The molecule has 44 heavy (non-hydrogen) atoms. The molecule has 232 valence electrons. The predicted molar refractivity (Wildman–Crippen MR) is 176 cm³/mol.